The largest absolute Gasteiger partial charge is 0.462 e. The van der Waals surface area contributed by atoms with Crippen molar-refractivity contribution in [3.05, 3.63) is 29.8 Å². The van der Waals surface area contributed by atoms with Gasteiger partial charge in [0.1, 0.15) is 0 Å². The molecule has 0 saturated heterocycles. The summed E-state index contributed by atoms with van der Waals surface area (Å²) in [5.74, 6) is -0.317. The summed E-state index contributed by atoms with van der Waals surface area (Å²) in [5, 5.41) is 6.84. The molecular weight excluding hydrogens is 248 g/mol. The van der Waals surface area contributed by atoms with Crippen molar-refractivity contribution in [3.63, 3.8) is 0 Å². The van der Waals surface area contributed by atoms with E-state index in [4.69, 9.17) is 17.0 Å². The molecule has 2 N–H and O–H groups in total. The fourth-order valence-corrected chi connectivity index (χ4v) is 1.80. The lowest BCUT2D eigenvalue weighted by Gasteiger charge is -2.10. The van der Waals surface area contributed by atoms with Crippen LogP contribution in [0, 0.1) is 0 Å². The number of anilines is 1. The average Bonchev–Trinajstić information content (AvgIpc) is 3.13. The first-order valence-electron chi connectivity index (χ1n) is 6.03. The minimum absolute atomic E-state index is 0.317. The normalized spacial score (nSPS) is 13.8. The molecule has 0 spiro atoms. The molecule has 4 nitrogen and oxygen atoms in total. The Morgan fingerprint density at radius 3 is 2.94 bits per heavy atom. The maximum Gasteiger partial charge on any atom is 0.338 e. The van der Waals surface area contributed by atoms with Crippen LogP contribution in [0.2, 0.25) is 0 Å². The molecule has 1 aromatic carbocycles. The van der Waals surface area contributed by atoms with E-state index >= 15 is 0 Å². The van der Waals surface area contributed by atoms with E-state index in [1.807, 2.05) is 6.07 Å². The fourth-order valence-electron chi connectivity index (χ4n) is 1.52. The van der Waals surface area contributed by atoms with Crippen LogP contribution in [0.4, 0.5) is 5.69 Å². The number of benzene rings is 1. The summed E-state index contributed by atoms with van der Waals surface area (Å²) < 4.78 is 4.95. The Labute approximate surface area is 112 Å². The van der Waals surface area contributed by atoms with E-state index in [0.29, 0.717) is 23.3 Å². The molecule has 0 atom stereocenters. The van der Waals surface area contributed by atoms with E-state index < -0.39 is 0 Å². The van der Waals surface area contributed by atoms with Gasteiger partial charge in [-0.3, -0.25) is 0 Å². The zero-order valence-corrected chi connectivity index (χ0v) is 11.0. The molecule has 5 heteroatoms. The summed E-state index contributed by atoms with van der Waals surface area (Å²) in [6.45, 7) is 2.16. The van der Waals surface area contributed by atoms with Crippen molar-refractivity contribution >= 4 is 29.0 Å². The topological polar surface area (TPSA) is 50.4 Å². The van der Waals surface area contributed by atoms with Gasteiger partial charge in [0.25, 0.3) is 0 Å². The SMILES string of the molecule is CCOC(=O)c1cccc(NC(=S)NC2CC2)c1. The van der Waals surface area contributed by atoms with Gasteiger partial charge in [-0.05, 0) is 50.2 Å². The zero-order valence-electron chi connectivity index (χ0n) is 10.2. The maximum absolute atomic E-state index is 11.6. The van der Waals surface area contributed by atoms with Gasteiger partial charge in [-0.1, -0.05) is 6.07 Å². The Balaban J connectivity index is 1.97. The number of ether oxygens (including phenoxy) is 1. The second-order valence-electron chi connectivity index (χ2n) is 4.17. The van der Waals surface area contributed by atoms with Crippen LogP contribution in [0.15, 0.2) is 24.3 Å². The van der Waals surface area contributed by atoms with Gasteiger partial charge < -0.3 is 15.4 Å². The molecule has 1 aromatic rings. The molecule has 0 aromatic heterocycles. The number of nitrogens with one attached hydrogen (secondary N) is 2. The molecular formula is C13H16N2O2S. The maximum atomic E-state index is 11.6. The van der Waals surface area contributed by atoms with Crippen LogP contribution in [0.3, 0.4) is 0 Å². The molecule has 0 bridgehead atoms. The highest BCUT2D eigenvalue weighted by Crippen LogP contribution is 2.19. The highest BCUT2D eigenvalue weighted by atomic mass is 32.1. The number of carbonyl (C=O) groups excluding carboxylic acids is 1. The Kier molecular flexibility index (Phi) is 4.15. The third-order valence-corrected chi connectivity index (χ3v) is 2.76. The molecule has 1 saturated carbocycles. The fraction of sp³-hybridized carbons (Fsp3) is 0.385. The summed E-state index contributed by atoms with van der Waals surface area (Å²) in [5.41, 5.74) is 1.31. The van der Waals surface area contributed by atoms with Gasteiger partial charge in [0.05, 0.1) is 12.2 Å². The minimum atomic E-state index is -0.317. The van der Waals surface area contributed by atoms with Crippen LogP contribution in [0.25, 0.3) is 0 Å². The summed E-state index contributed by atoms with van der Waals surface area (Å²) in [6, 6.07) is 7.63. The summed E-state index contributed by atoms with van der Waals surface area (Å²) in [7, 11) is 0. The highest BCUT2D eigenvalue weighted by molar-refractivity contribution is 7.80. The molecule has 0 unspecified atom stereocenters. The van der Waals surface area contributed by atoms with Crippen LogP contribution >= 0.6 is 12.2 Å². The number of hydrogen-bond acceptors (Lipinski definition) is 3. The van der Waals surface area contributed by atoms with Crippen molar-refractivity contribution in [1.29, 1.82) is 0 Å². The molecule has 0 aliphatic heterocycles. The van der Waals surface area contributed by atoms with Crippen molar-refractivity contribution in [3.8, 4) is 0 Å². The molecule has 0 heterocycles. The summed E-state index contributed by atoms with van der Waals surface area (Å²) in [6.07, 6.45) is 2.34. The Morgan fingerprint density at radius 1 is 1.50 bits per heavy atom. The van der Waals surface area contributed by atoms with E-state index in [1.165, 1.54) is 12.8 Å². The van der Waals surface area contributed by atoms with Gasteiger partial charge in [-0.2, -0.15) is 0 Å². The van der Waals surface area contributed by atoms with Crippen LogP contribution in [-0.4, -0.2) is 23.7 Å². The first-order chi connectivity index (χ1) is 8.69. The second-order valence-corrected chi connectivity index (χ2v) is 4.58. The zero-order chi connectivity index (χ0) is 13.0. The first kappa shape index (κ1) is 12.8. The lowest BCUT2D eigenvalue weighted by molar-refractivity contribution is 0.0526. The molecule has 0 radical (unpaired) electrons. The lowest BCUT2D eigenvalue weighted by atomic mass is 10.2. The van der Waals surface area contributed by atoms with Crippen molar-refractivity contribution in [1.82, 2.24) is 5.32 Å². The predicted molar refractivity (Wildman–Crippen MR) is 74.8 cm³/mol. The van der Waals surface area contributed by atoms with E-state index in [-0.39, 0.29) is 5.97 Å². The van der Waals surface area contributed by atoms with E-state index in [0.717, 1.165) is 5.69 Å². The number of esters is 1. The molecule has 1 fully saturated rings. The average molecular weight is 264 g/mol. The molecule has 1 aliphatic carbocycles. The first-order valence-corrected chi connectivity index (χ1v) is 6.44. The monoisotopic (exact) mass is 264 g/mol. The third-order valence-electron chi connectivity index (χ3n) is 2.54. The molecule has 18 heavy (non-hydrogen) atoms. The Morgan fingerprint density at radius 2 is 2.28 bits per heavy atom. The summed E-state index contributed by atoms with van der Waals surface area (Å²) >= 11 is 5.17. The number of rotatable bonds is 4. The van der Waals surface area contributed by atoms with Crippen molar-refractivity contribution in [2.24, 2.45) is 0 Å². The standard InChI is InChI=1S/C13H16N2O2S/c1-2-17-12(16)9-4-3-5-11(8-9)15-13(18)14-10-6-7-10/h3-5,8,10H,2,6-7H2,1H3,(H2,14,15,18). The molecule has 2 rings (SSSR count). The minimum Gasteiger partial charge on any atom is -0.462 e. The third kappa shape index (κ3) is 3.70. The van der Waals surface area contributed by atoms with Gasteiger partial charge in [0, 0.05) is 11.7 Å². The molecule has 96 valence electrons. The lowest BCUT2D eigenvalue weighted by Crippen LogP contribution is -2.30. The Bertz CT molecular complexity index is 458. The van der Waals surface area contributed by atoms with E-state index in [2.05, 4.69) is 10.6 Å². The summed E-state index contributed by atoms with van der Waals surface area (Å²) in [4.78, 5) is 11.6. The van der Waals surface area contributed by atoms with Crippen molar-refractivity contribution in [2.75, 3.05) is 11.9 Å². The van der Waals surface area contributed by atoms with Gasteiger partial charge in [0.2, 0.25) is 0 Å². The quantitative estimate of drug-likeness (QED) is 0.645. The number of hydrogen-bond donors (Lipinski definition) is 2. The van der Waals surface area contributed by atoms with Crippen molar-refractivity contribution in [2.45, 2.75) is 25.8 Å². The van der Waals surface area contributed by atoms with Crippen LogP contribution in [0.5, 0.6) is 0 Å². The van der Waals surface area contributed by atoms with Crippen LogP contribution in [-0.2, 0) is 4.74 Å². The highest BCUT2D eigenvalue weighted by Gasteiger charge is 2.21. The smallest absolute Gasteiger partial charge is 0.338 e. The molecule has 0 amide bonds. The van der Waals surface area contributed by atoms with Gasteiger partial charge in [0.15, 0.2) is 5.11 Å². The number of thiocarbonyl (C=S) groups is 1. The van der Waals surface area contributed by atoms with E-state index in [9.17, 15) is 4.79 Å². The Hall–Kier alpha value is -1.62. The van der Waals surface area contributed by atoms with Crippen molar-refractivity contribution < 1.29 is 9.53 Å². The number of carbonyl (C=O) groups is 1. The van der Waals surface area contributed by atoms with E-state index in [1.54, 1.807) is 25.1 Å². The molecule has 1 aliphatic rings. The van der Waals surface area contributed by atoms with Crippen LogP contribution < -0.4 is 10.6 Å². The van der Waals surface area contributed by atoms with Gasteiger partial charge in [-0.15, -0.1) is 0 Å². The second kappa shape index (κ2) is 5.82. The van der Waals surface area contributed by atoms with Crippen LogP contribution in [0.1, 0.15) is 30.1 Å². The predicted octanol–water partition coefficient (Wildman–Crippen LogP) is 2.31. The van der Waals surface area contributed by atoms with Gasteiger partial charge in [-0.25, -0.2) is 4.79 Å². The van der Waals surface area contributed by atoms with Gasteiger partial charge >= 0.3 is 5.97 Å².